The number of carbonyl (C=O) groups is 1. The number of ether oxygens (including phenoxy) is 1. The van der Waals surface area contributed by atoms with Crippen LogP contribution in [-0.2, 0) is 4.79 Å². The summed E-state index contributed by atoms with van der Waals surface area (Å²) >= 11 is 0. The van der Waals surface area contributed by atoms with Crippen LogP contribution in [0.2, 0.25) is 0 Å². The van der Waals surface area contributed by atoms with E-state index >= 15 is 0 Å². The van der Waals surface area contributed by atoms with E-state index in [0.717, 1.165) is 18.2 Å². The van der Waals surface area contributed by atoms with Gasteiger partial charge >= 0.3 is 0 Å². The third kappa shape index (κ3) is 4.17. The molecule has 0 aliphatic carbocycles. The molecule has 2 atom stereocenters. The topological polar surface area (TPSA) is 64.3 Å². The fraction of sp³-hybridized carbons (Fsp3) is 0.462. The van der Waals surface area contributed by atoms with Crippen LogP contribution in [0.5, 0.6) is 5.75 Å². The first-order valence-electron chi connectivity index (χ1n) is 5.88. The highest BCUT2D eigenvalue weighted by atomic mass is 19.1. The maximum Gasteiger partial charge on any atom is 0.237 e. The lowest BCUT2D eigenvalue weighted by Gasteiger charge is -2.28. The van der Waals surface area contributed by atoms with Gasteiger partial charge in [-0.2, -0.15) is 0 Å². The Morgan fingerprint density at radius 1 is 1.42 bits per heavy atom. The quantitative estimate of drug-likeness (QED) is 0.826. The first-order chi connectivity index (χ1) is 8.76. The summed E-state index contributed by atoms with van der Waals surface area (Å²) in [6.45, 7) is 3.34. The van der Waals surface area contributed by atoms with E-state index in [1.54, 1.807) is 20.9 Å². The Morgan fingerprint density at radius 2 is 1.95 bits per heavy atom. The molecule has 0 spiro atoms. The second kappa shape index (κ2) is 5.97. The molecule has 1 rings (SSSR count). The van der Waals surface area contributed by atoms with E-state index in [1.165, 1.54) is 0 Å². The van der Waals surface area contributed by atoms with Crippen LogP contribution in [-0.4, -0.2) is 24.6 Å². The summed E-state index contributed by atoms with van der Waals surface area (Å²) in [6.07, 6.45) is -0.164. The van der Waals surface area contributed by atoms with Crippen LogP contribution in [0.15, 0.2) is 18.2 Å². The van der Waals surface area contributed by atoms with Gasteiger partial charge in [-0.05, 0) is 20.9 Å². The van der Waals surface area contributed by atoms with E-state index in [1.807, 2.05) is 0 Å². The maximum absolute atomic E-state index is 13.0. The predicted molar refractivity (Wildman–Crippen MR) is 67.7 cm³/mol. The average Bonchev–Trinajstić information content (AvgIpc) is 2.26. The van der Waals surface area contributed by atoms with E-state index in [0.29, 0.717) is 0 Å². The molecule has 0 aromatic heterocycles. The van der Waals surface area contributed by atoms with Crippen LogP contribution in [0, 0.1) is 11.6 Å². The van der Waals surface area contributed by atoms with Gasteiger partial charge in [-0.15, -0.1) is 0 Å². The fourth-order valence-electron chi connectivity index (χ4n) is 1.77. The molecule has 1 amide bonds. The second-order valence-corrected chi connectivity index (χ2v) is 4.68. The smallest absolute Gasteiger partial charge is 0.237 e. The largest absolute Gasteiger partial charge is 0.490 e. The summed E-state index contributed by atoms with van der Waals surface area (Å²) < 4.78 is 31.4. The first kappa shape index (κ1) is 15.4. The molecular weight excluding hydrogens is 254 g/mol. The van der Waals surface area contributed by atoms with Gasteiger partial charge in [-0.1, -0.05) is 0 Å². The molecule has 1 aromatic carbocycles. The van der Waals surface area contributed by atoms with E-state index in [2.05, 4.69) is 5.32 Å². The van der Waals surface area contributed by atoms with E-state index in [-0.39, 0.29) is 12.2 Å². The predicted octanol–water partition coefficient (Wildman–Crippen LogP) is 1.59. The Balaban J connectivity index is 2.74. The van der Waals surface area contributed by atoms with Crippen LogP contribution in [0.4, 0.5) is 8.78 Å². The lowest BCUT2D eigenvalue weighted by atomic mass is 9.94. The molecule has 0 bridgehead atoms. The van der Waals surface area contributed by atoms with Gasteiger partial charge in [0.15, 0.2) is 0 Å². The van der Waals surface area contributed by atoms with Gasteiger partial charge in [0.25, 0.3) is 0 Å². The first-order valence-corrected chi connectivity index (χ1v) is 5.88. The molecule has 0 radical (unpaired) electrons. The zero-order chi connectivity index (χ0) is 14.6. The number of nitrogens with one attached hydrogen (secondary N) is 1. The van der Waals surface area contributed by atoms with Crippen LogP contribution in [0.25, 0.3) is 0 Å². The molecule has 0 fully saturated rings. The zero-order valence-electron chi connectivity index (χ0n) is 11.2. The zero-order valence-corrected chi connectivity index (χ0v) is 11.2. The highest BCUT2D eigenvalue weighted by molar-refractivity contribution is 5.84. The van der Waals surface area contributed by atoms with Crippen molar-refractivity contribution in [2.75, 3.05) is 7.05 Å². The number of rotatable bonds is 6. The molecule has 0 saturated carbocycles. The maximum atomic E-state index is 13.0. The minimum Gasteiger partial charge on any atom is -0.490 e. The number of benzene rings is 1. The third-order valence-corrected chi connectivity index (χ3v) is 2.96. The minimum atomic E-state index is -0.939. The molecule has 0 saturated heterocycles. The Kier molecular flexibility index (Phi) is 4.83. The van der Waals surface area contributed by atoms with Crippen molar-refractivity contribution in [3.05, 3.63) is 29.8 Å². The monoisotopic (exact) mass is 272 g/mol. The third-order valence-electron chi connectivity index (χ3n) is 2.96. The summed E-state index contributed by atoms with van der Waals surface area (Å²) in [7, 11) is 1.61. The van der Waals surface area contributed by atoms with Crippen molar-refractivity contribution in [3.8, 4) is 5.75 Å². The van der Waals surface area contributed by atoms with Gasteiger partial charge in [0.1, 0.15) is 17.4 Å². The molecule has 4 nitrogen and oxygen atoms in total. The van der Waals surface area contributed by atoms with E-state index < -0.39 is 29.2 Å². The number of nitrogens with two attached hydrogens (primary N) is 1. The van der Waals surface area contributed by atoms with Crippen molar-refractivity contribution in [1.29, 1.82) is 0 Å². The van der Waals surface area contributed by atoms with E-state index in [4.69, 9.17) is 10.5 Å². The molecule has 1 aromatic rings. The Bertz CT molecular complexity index is 448. The number of hydrogen-bond acceptors (Lipinski definition) is 3. The number of likely N-dealkylation sites (N-methyl/N-ethyl adjacent to an activating group) is 1. The standard InChI is InChI=1S/C13H18F2N2O2/c1-8(7-13(2,17-3)12(16)18)19-11-5-9(14)4-10(15)6-11/h4-6,8,17H,7H2,1-3H3,(H2,16,18). The van der Waals surface area contributed by atoms with Gasteiger partial charge in [-0.3, -0.25) is 4.79 Å². The summed E-state index contributed by atoms with van der Waals surface area (Å²) in [5, 5.41) is 2.81. The molecule has 6 heteroatoms. The number of carbonyl (C=O) groups excluding carboxylic acids is 1. The number of primary amides is 1. The molecule has 106 valence electrons. The molecule has 0 aliphatic heterocycles. The highest BCUT2D eigenvalue weighted by Gasteiger charge is 2.31. The normalized spacial score (nSPS) is 15.6. The molecular formula is C13H18F2N2O2. The van der Waals surface area contributed by atoms with Crippen molar-refractivity contribution in [2.45, 2.75) is 31.9 Å². The molecule has 2 unspecified atom stereocenters. The number of amides is 1. The Morgan fingerprint density at radius 3 is 2.37 bits per heavy atom. The van der Waals surface area contributed by atoms with Crippen LogP contribution < -0.4 is 15.8 Å². The van der Waals surface area contributed by atoms with Crippen molar-refractivity contribution < 1.29 is 18.3 Å². The molecule has 0 aliphatic rings. The fourth-order valence-corrected chi connectivity index (χ4v) is 1.77. The molecule has 3 N–H and O–H groups in total. The van der Waals surface area contributed by atoms with Crippen LogP contribution >= 0.6 is 0 Å². The van der Waals surface area contributed by atoms with Crippen molar-refractivity contribution in [3.63, 3.8) is 0 Å². The van der Waals surface area contributed by atoms with Crippen LogP contribution in [0.1, 0.15) is 20.3 Å². The summed E-state index contributed by atoms with van der Waals surface area (Å²) in [6, 6.07) is 2.93. The second-order valence-electron chi connectivity index (χ2n) is 4.68. The number of hydrogen-bond donors (Lipinski definition) is 2. The Labute approximate surface area is 110 Å². The van der Waals surface area contributed by atoms with Crippen molar-refractivity contribution >= 4 is 5.91 Å². The average molecular weight is 272 g/mol. The summed E-state index contributed by atoms with van der Waals surface area (Å²) in [5.74, 6) is -1.87. The van der Waals surface area contributed by atoms with Gasteiger partial charge in [0.05, 0.1) is 11.6 Å². The lowest BCUT2D eigenvalue weighted by Crippen LogP contribution is -2.53. The van der Waals surface area contributed by atoms with Crippen molar-refractivity contribution in [1.82, 2.24) is 5.32 Å². The van der Waals surface area contributed by atoms with Gasteiger partial charge < -0.3 is 15.8 Å². The molecule has 0 heterocycles. The minimum absolute atomic E-state index is 0.0768. The lowest BCUT2D eigenvalue weighted by molar-refractivity contribution is -0.124. The highest BCUT2D eigenvalue weighted by Crippen LogP contribution is 2.20. The SMILES string of the molecule is CNC(C)(CC(C)Oc1cc(F)cc(F)c1)C(N)=O. The summed E-state index contributed by atoms with van der Waals surface area (Å²) in [4.78, 5) is 11.3. The van der Waals surface area contributed by atoms with Crippen molar-refractivity contribution in [2.24, 2.45) is 5.73 Å². The van der Waals surface area contributed by atoms with Gasteiger partial charge in [0.2, 0.25) is 5.91 Å². The van der Waals surface area contributed by atoms with E-state index in [9.17, 15) is 13.6 Å². The van der Waals surface area contributed by atoms with Gasteiger partial charge in [0, 0.05) is 24.6 Å². The molecule has 19 heavy (non-hydrogen) atoms. The van der Waals surface area contributed by atoms with Gasteiger partial charge in [-0.25, -0.2) is 8.78 Å². The Hall–Kier alpha value is -1.69. The van der Waals surface area contributed by atoms with Crippen LogP contribution in [0.3, 0.4) is 0 Å². The summed E-state index contributed by atoms with van der Waals surface area (Å²) in [5.41, 5.74) is 4.36. The number of halogens is 2.